The van der Waals surface area contributed by atoms with Crippen LogP contribution in [0.4, 0.5) is 0 Å². The predicted molar refractivity (Wildman–Crippen MR) is 95.1 cm³/mol. The summed E-state index contributed by atoms with van der Waals surface area (Å²) in [5, 5.41) is 10.0. The molecule has 3 heterocycles. The Bertz CT molecular complexity index is 1190. The molecular weight excluding hydrogens is 334 g/mol. The summed E-state index contributed by atoms with van der Waals surface area (Å²) in [7, 11) is 0. The van der Waals surface area contributed by atoms with E-state index in [-0.39, 0.29) is 18.1 Å². The standard InChI is InChI=1S/C19H13N3O4/c20-17(15-5-9-3-1-2-4-12(9)26-15)18-16(19(21)23)10-6-13-14(25-8-24-13)7-11(10)22-18/h1-7,20,22H,8H2,(H2,21,23). The van der Waals surface area contributed by atoms with Crippen LogP contribution in [0, 0.1) is 5.41 Å². The largest absolute Gasteiger partial charge is 0.454 e. The number of H-pyrrole nitrogens is 1. The summed E-state index contributed by atoms with van der Waals surface area (Å²) < 4.78 is 16.5. The van der Waals surface area contributed by atoms with Crippen LogP contribution in [0.2, 0.25) is 0 Å². The van der Waals surface area contributed by atoms with Crippen molar-refractivity contribution < 1.29 is 18.7 Å². The highest BCUT2D eigenvalue weighted by Gasteiger charge is 2.25. The van der Waals surface area contributed by atoms with Crippen molar-refractivity contribution >= 4 is 33.5 Å². The van der Waals surface area contributed by atoms with Crippen LogP contribution in [-0.2, 0) is 0 Å². The number of rotatable bonds is 3. The van der Waals surface area contributed by atoms with Crippen molar-refractivity contribution in [1.82, 2.24) is 4.98 Å². The predicted octanol–water partition coefficient (Wildman–Crippen LogP) is 3.16. The molecule has 1 aliphatic rings. The maximum Gasteiger partial charge on any atom is 0.251 e. The number of aromatic nitrogens is 1. The third-order valence-corrected chi connectivity index (χ3v) is 4.46. The van der Waals surface area contributed by atoms with Gasteiger partial charge >= 0.3 is 0 Å². The van der Waals surface area contributed by atoms with E-state index >= 15 is 0 Å². The molecule has 0 radical (unpaired) electrons. The molecule has 128 valence electrons. The minimum absolute atomic E-state index is 0.0493. The first-order valence-electron chi connectivity index (χ1n) is 7.95. The van der Waals surface area contributed by atoms with E-state index in [9.17, 15) is 4.79 Å². The molecule has 0 fully saturated rings. The Kier molecular flexibility index (Phi) is 2.88. The number of carbonyl (C=O) groups is 1. The number of hydrogen-bond acceptors (Lipinski definition) is 5. The molecule has 4 N–H and O–H groups in total. The molecule has 7 heteroatoms. The third kappa shape index (κ3) is 2.00. The Balaban J connectivity index is 1.71. The Morgan fingerprint density at radius 2 is 1.88 bits per heavy atom. The van der Waals surface area contributed by atoms with E-state index in [1.165, 1.54) is 0 Å². The molecule has 0 saturated heterocycles. The number of nitrogens with one attached hydrogen (secondary N) is 2. The van der Waals surface area contributed by atoms with Crippen LogP contribution in [0.1, 0.15) is 21.8 Å². The van der Waals surface area contributed by atoms with Crippen molar-refractivity contribution in [1.29, 1.82) is 5.41 Å². The van der Waals surface area contributed by atoms with Crippen LogP contribution in [0.3, 0.4) is 0 Å². The van der Waals surface area contributed by atoms with Gasteiger partial charge in [-0.2, -0.15) is 0 Å². The number of carbonyl (C=O) groups excluding carboxylic acids is 1. The average Bonchev–Trinajstić information content (AvgIpc) is 3.33. The van der Waals surface area contributed by atoms with Crippen molar-refractivity contribution in [2.45, 2.75) is 0 Å². The van der Waals surface area contributed by atoms with Crippen LogP contribution in [0.25, 0.3) is 21.9 Å². The van der Waals surface area contributed by atoms with Gasteiger partial charge in [0.2, 0.25) is 6.79 Å². The minimum atomic E-state index is -0.633. The fourth-order valence-electron chi connectivity index (χ4n) is 3.26. The molecule has 0 spiro atoms. The van der Waals surface area contributed by atoms with Gasteiger partial charge in [0.1, 0.15) is 11.3 Å². The molecule has 1 aliphatic heterocycles. The summed E-state index contributed by atoms with van der Waals surface area (Å²) in [5.74, 6) is 0.837. The summed E-state index contributed by atoms with van der Waals surface area (Å²) in [6, 6.07) is 12.7. The highest BCUT2D eigenvalue weighted by molar-refractivity contribution is 6.20. The topological polar surface area (TPSA) is 114 Å². The van der Waals surface area contributed by atoms with E-state index < -0.39 is 5.91 Å². The second kappa shape index (κ2) is 5.13. The molecule has 0 unspecified atom stereocenters. The zero-order valence-electron chi connectivity index (χ0n) is 13.5. The van der Waals surface area contributed by atoms with Gasteiger partial charge in [0.05, 0.1) is 16.8 Å². The molecule has 5 rings (SSSR count). The third-order valence-electron chi connectivity index (χ3n) is 4.46. The smallest absolute Gasteiger partial charge is 0.251 e. The lowest BCUT2D eigenvalue weighted by molar-refractivity contribution is 0.100. The highest BCUT2D eigenvalue weighted by Crippen LogP contribution is 2.38. The number of furan rings is 1. The summed E-state index contributed by atoms with van der Waals surface area (Å²) in [5.41, 5.74) is 7.49. The van der Waals surface area contributed by atoms with E-state index in [1.807, 2.05) is 24.3 Å². The van der Waals surface area contributed by atoms with Gasteiger partial charge in [-0.15, -0.1) is 0 Å². The lowest BCUT2D eigenvalue weighted by Crippen LogP contribution is -2.15. The molecule has 7 nitrogen and oxygen atoms in total. The normalized spacial score (nSPS) is 12.8. The molecular formula is C19H13N3O4. The average molecular weight is 347 g/mol. The molecule has 4 aromatic rings. The highest BCUT2D eigenvalue weighted by atomic mass is 16.7. The SMILES string of the molecule is N=C(c1cc2ccccc2o1)c1[nH]c2cc3c(cc2c1C(N)=O)OCO3. The van der Waals surface area contributed by atoms with Crippen molar-refractivity contribution in [2.75, 3.05) is 6.79 Å². The molecule has 2 aromatic carbocycles. The summed E-state index contributed by atoms with van der Waals surface area (Å²) in [4.78, 5) is 15.2. The van der Waals surface area contributed by atoms with Crippen molar-refractivity contribution in [3.05, 3.63) is 59.5 Å². The fraction of sp³-hybridized carbons (Fsp3) is 0.0526. The second-order valence-corrected chi connectivity index (χ2v) is 6.01. The van der Waals surface area contributed by atoms with Gasteiger partial charge in [-0.3, -0.25) is 10.2 Å². The number of fused-ring (bicyclic) bond motifs is 3. The first-order chi connectivity index (χ1) is 12.6. The van der Waals surface area contributed by atoms with Crippen LogP contribution in [-0.4, -0.2) is 23.4 Å². The zero-order chi connectivity index (χ0) is 17.8. The molecule has 2 aromatic heterocycles. The lowest BCUT2D eigenvalue weighted by Gasteiger charge is -2.01. The van der Waals surface area contributed by atoms with E-state index in [4.69, 9.17) is 25.0 Å². The van der Waals surface area contributed by atoms with Crippen LogP contribution in [0.15, 0.2) is 46.9 Å². The Morgan fingerprint density at radius 1 is 1.12 bits per heavy atom. The monoisotopic (exact) mass is 347 g/mol. The molecule has 1 amide bonds. The minimum Gasteiger partial charge on any atom is -0.454 e. The van der Waals surface area contributed by atoms with Gasteiger partial charge in [-0.25, -0.2) is 0 Å². The van der Waals surface area contributed by atoms with Crippen LogP contribution in [0.5, 0.6) is 11.5 Å². The Hall–Kier alpha value is -3.74. The number of ether oxygens (including phenoxy) is 2. The van der Waals surface area contributed by atoms with E-state index in [0.717, 1.165) is 5.39 Å². The van der Waals surface area contributed by atoms with E-state index in [0.29, 0.717) is 39.4 Å². The first-order valence-corrected chi connectivity index (χ1v) is 7.95. The van der Waals surface area contributed by atoms with Gasteiger partial charge in [0, 0.05) is 16.8 Å². The van der Waals surface area contributed by atoms with Crippen molar-refractivity contribution in [3.63, 3.8) is 0 Å². The Labute approximate surface area is 146 Å². The van der Waals surface area contributed by atoms with Crippen LogP contribution < -0.4 is 15.2 Å². The van der Waals surface area contributed by atoms with Crippen molar-refractivity contribution in [3.8, 4) is 11.5 Å². The van der Waals surface area contributed by atoms with Gasteiger partial charge in [0.25, 0.3) is 5.91 Å². The maximum atomic E-state index is 12.1. The number of benzene rings is 2. The van der Waals surface area contributed by atoms with Gasteiger partial charge in [-0.1, -0.05) is 18.2 Å². The molecule has 0 saturated carbocycles. The number of nitrogens with two attached hydrogens (primary N) is 1. The zero-order valence-corrected chi connectivity index (χ0v) is 13.5. The molecule has 0 atom stereocenters. The van der Waals surface area contributed by atoms with Gasteiger partial charge in [0.15, 0.2) is 17.3 Å². The van der Waals surface area contributed by atoms with E-state index in [2.05, 4.69) is 4.98 Å². The number of primary amides is 1. The molecule has 0 aliphatic carbocycles. The maximum absolute atomic E-state index is 12.1. The number of hydrogen-bond donors (Lipinski definition) is 3. The fourth-order valence-corrected chi connectivity index (χ4v) is 3.26. The van der Waals surface area contributed by atoms with Crippen LogP contribution >= 0.6 is 0 Å². The summed E-state index contributed by atoms with van der Waals surface area (Å²) >= 11 is 0. The van der Waals surface area contributed by atoms with Crippen molar-refractivity contribution in [2.24, 2.45) is 5.73 Å². The first kappa shape index (κ1) is 14.6. The molecule has 0 bridgehead atoms. The quantitative estimate of drug-likeness (QED) is 0.494. The summed E-state index contributed by atoms with van der Waals surface area (Å²) in [6.07, 6.45) is 0. The van der Waals surface area contributed by atoms with E-state index in [1.54, 1.807) is 18.2 Å². The van der Waals surface area contributed by atoms with Gasteiger partial charge in [-0.05, 0) is 18.2 Å². The molecule has 26 heavy (non-hydrogen) atoms. The lowest BCUT2D eigenvalue weighted by atomic mass is 10.1. The number of aromatic amines is 1. The summed E-state index contributed by atoms with van der Waals surface area (Å²) in [6.45, 7) is 0.134. The Morgan fingerprint density at radius 3 is 2.65 bits per heavy atom. The number of para-hydroxylation sites is 1. The second-order valence-electron chi connectivity index (χ2n) is 6.01. The van der Waals surface area contributed by atoms with Gasteiger partial charge < -0.3 is 24.6 Å². The number of amides is 1.